The van der Waals surface area contributed by atoms with E-state index in [9.17, 15) is 9.59 Å². The van der Waals surface area contributed by atoms with Crippen LogP contribution in [0.2, 0.25) is 0 Å². The molecule has 1 aliphatic rings. The van der Waals surface area contributed by atoms with E-state index in [1.807, 2.05) is 35.2 Å². The standard InChI is InChI=1S/C20H25NO5/c1-4-5-11-17-16(12-19(22)24-2)21(14-15-9-7-6-8-10-15)18(26-17)13-20(23)25-3/h4,6-10,12,17-18H,1,5,11,13-14H2,2-3H3/b16-12+. The Balaban J connectivity index is 2.33. The van der Waals surface area contributed by atoms with Crippen LogP contribution in [-0.2, 0) is 30.3 Å². The summed E-state index contributed by atoms with van der Waals surface area (Å²) in [6, 6.07) is 9.80. The van der Waals surface area contributed by atoms with Gasteiger partial charge in [-0.25, -0.2) is 4.79 Å². The Morgan fingerprint density at radius 2 is 1.96 bits per heavy atom. The van der Waals surface area contributed by atoms with Crippen molar-refractivity contribution in [3.05, 3.63) is 60.3 Å². The van der Waals surface area contributed by atoms with Crippen LogP contribution in [0.25, 0.3) is 0 Å². The number of carbonyl (C=O) groups is 2. The Morgan fingerprint density at radius 3 is 2.58 bits per heavy atom. The predicted octanol–water partition coefficient (Wildman–Crippen LogP) is 2.80. The Kier molecular flexibility index (Phi) is 7.41. The van der Waals surface area contributed by atoms with Gasteiger partial charge in [0.1, 0.15) is 12.3 Å². The average Bonchev–Trinajstić information content (AvgIpc) is 2.96. The molecular formula is C20H25NO5. The Labute approximate surface area is 154 Å². The van der Waals surface area contributed by atoms with Gasteiger partial charge in [-0.05, 0) is 18.4 Å². The fourth-order valence-electron chi connectivity index (χ4n) is 2.88. The summed E-state index contributed by atoms with van der Waals surface area (Å²) < 4.78 is 15.7. The van der Waals surface area contributed by atoms with Crippen molar-refractivity contribution in [2.45, 2.75) is 38.1 Å². The second-order valence-electron chi connectivity index (χ2n) is 5.93. The van der Waals surface area contributed by atoms with Gasteiger partial charge in [-0.15, -0.1) is 6.58 Å². The van der Waals surface area contributed by atoms with Crippen molar-refractivity contribution in [3.8, 4) is 0 Å². The van der Waals surface area contributed by atoms with E-state index in [1.54, 1.807) is 6.08 Å². The summed E-state index contributed by atoms with van der Waals surface area (Å²) in [6.45, 7) is 4.25. The van der Waals surface area contributed by atoms with Crippen LogP contribution >= 0.6 is 0 Å². The lowest BCUT2D eigenvalue weighted by Gasteiger charge is -2.25. The number of ether oxygens (including phenoxy) is 3. The minimum atomic E-state index is -0.506. The fourth-order valence-corrected chi connectivity index (χ4v) is 2.88. The number of esters is 2. The molecule has 0 aromatic heterocycles. The SMILES string of the molecule is C=CCCC1OC(CC(=O)OC)N(Cc2ccccc2)/C1=C/C(=O)OC. The topological polar surface area (TPSA) is 65.1 Å². The molecule has 1 saturated heterocycles. The maximum Gasteiger partial charge on any atom is 0.332 e. The molecule has 0 saturated carbocycles. The zero-order valence-electron chi connectivity index (χ0n) is 15.2. The Bertz CT molecular complexity index is 655. The van der Waals surface area contributed by atoms with Gasteiger partial charge in [0.25, 0.3) is 0 Å². The number of allylic oxidation sites excluding steroid dienone is 1. The highest BCUT2D eigenvalue weighted by atomic mass is 16.5. The zero-order valence-corrected chi connectivity index (χ0v) is 15.2. The smallest absolute Gasteiger partial charge is 0.332 e. The maximum atomic E-state index is 11.9. The molecule has 1 fully saturated rings. The van der Waals surface area contributed by atoms with Crippen LogP contribution in [0.5, 0.6) is 0 Å². The fraction of sp³-hybridized carbons (Fsp3) is 0.400. The number of carbonyl (C=O) groups excluding carboxylic acids is 2. The van der Waals surface area contributed by atoms with Crippen LogP contribution in [0.3, 0.4) is 0 Å². The van der Waals surface area contributed by atoms with Crippen molar-refractivity contribution in [3.63, 3.8) is 0 Å². The molecule has 1 aromatic carbocycles. The summed E-state index contributed by atoms with van der Waals surface area (Å²) in [4.78, 5) is 25.6. The third-order valence-electron chi connectivity index (χ3n) is 4.20. The van der Waals surface area contributed by atoms with Gasteiger partial charge in [0, 0.05) is 12.6 Å². The van der Waals surface area contributed by atoms with Gasteiger partial charge in [0.15, 0.2) is 0 Å². The van der Waals surface area contributed by atoms with Crippen molar-refractivity contribution >= 4 is 11.9 Å². The monoisotopic (exact) mass is 359 g/mol. The van der Waals surface area contributed by atoms with E-state index in [0.29, 0.717) is 18.7 Å². The molecule has 1 heterocycles. The van der Waals surface area contributed by atoms with E-state index in [1.165, 1.54) is 20.3 Å². The van der Waals surface area contributed by atoms with Crippen LogP contribution in [-0.4, -0.2) is 43.4 Å². The summed E-state index contributed by atoms with van der Waals surface area (Å²) >= 11 is 0. The van der Waals surface area contributed by atoms with Gasteiger partial charge in [0.05, 0.1) is 26.3 Å². The lowest BCUT2D eigenvalue weighted by Crippen LogP contribution is -2.31. The van der Waals surface area contributed by atoms with Gasteiger partial charge >= 0.3 is 11.9 Å². The molecule has 1 aliphatic heterocycles. The van der Waals surface area contributed by atoms with Gasteiger partial charge in [-0.2, -0.15) is 0 Å². The number of hydrogen-bond donors (Lipinski definition) is 0. The highest BCUT2D eigenvalue weighted by molar-refractivity contribution is 5.82. The van der Waals surface area contributed by atoms with E-state index < -0.39 is 12.2 Å². The first-order valence-corrected chi connectivity index (χ1v) is 8.52. The first-order chi connectivity index (χ1) is 12.6. The summed E-state index contributed by atoms with van der Waals surface area (Å²) in [7, 11) is 2.68. The number of methoxy groups -OCH3 is 2. The summed E-state index contributed by atoms with van der Waals surface area (Å²) in [6.07, 6.45) is 3.89. The minimum absolute atomic E-state index is 0.0758. The highest BCUT2D eigenvalue weighted by Crippen LogP contribution is 2.33. The summed E-state index contributed by atoms with van der Waals surface area (Å²) in [5, 5.41) is 0. The summed E-state index contributed by atoms with van der Waals surface area (Å²) in [5.41, 5.74) is 1.75. The Hall–Kier alpha value is -2.60. The molecule has 2 atom stereocenters. The van der Waals surface area contributed by atoms with Crippen molar-refractivity contribution in [2.75, 3.05) is 14.2 Å². The second-order valence-corrected chi connectivity index (χ2v) is 5.93. The zero-order chi connectivity index (χ0) is 18.9. The summed E-state index contributed by atoms with van der Waals surface area (Å²) in [5.74, 6) is -0.821. The van der Waals surface area contributed by atoms with Crippen molar-refractivity contribution in [2.24, 2.45) is 0 Å². The van der Waals surface area contributed by atoms with E-state index in [2.05, 4.69) is 6.58 Å². The average molecular weight is 359 g/mol. The predicted molar refractivity (Wildman–Crippen MR) is 96.8 cm³/mol. The van der Waals surface area contributed by atoms with Crippen molar-refractivity contribution in [1.82, 2.24) is 4.90 Å². The molecule has 2 unspecified atom stereocenters. The minimum Gasteiger partial charge on any atom is -0.469 e. The van der Waals surface area contributed by atoms with Crippen LogP contribution < -0.4 is 0 Å². The largest absolute Gasteiger partial charge is 0.469 e. The van der Waals surface area contributed by atoms with Crippen molar-refractivity contribution < 1.29 is 23.8 Å². The molecule has 0 radical (unpaired) electrons. The molecule has 0 N–H and O–H groups in total. The maximum absolute atomic E-state index is 11.9. The highest BCUT2D eigenvalue weighted by Gasteiger charge is 2.38. The number of benzene rings is 1. The molecule has 26 heavy (non-hydrogen) atoms. The lowest BCUT2D eigenvalue weighted by molar-refractivity contribution is -0.146. The van der Waals surface area contributed by atoms with Crippen LogP contribution in [0.4, 0.5) is 0 Å². The molecule has 0 amide bonds. The van der Waals surface area contributed by atoms with Crippen LogP contribution in [0, 0.1) is 0 Å². The van der Waals surface area contributed by atoms with Crippen molar-refractivity contribution in [1.29, 1.82) is 0 Å². The lowest BCUT2D eigenvalue weighted by atomic mass is 10.1. The van der Waals surface area contributed by atoms with Gasteiger partial charge < -0.3 is 19.1 Å². The van der Waals surface area contributed by atoms with E-state index >= 15 is 0 Å². The molecule has 0 aliphatic carbocycles. The van der Waals surface area contributed by atoms with Crippen LogP contribution in [0.15, 0.2) is 54.8 Å². The second kappa shape index (κ2) is 9.77. The molecule has 1 aromatic rings. The molecule has 0 bridgehead atoms. The first kappa shape index (κ1) is 19.7. The van der Waals surface area contributed by atoms with Crippen LogP contribution in [0.1, 0.15) is 24.8 Å². The third kappa shape index (κ3) is 5.20. The van der Waals surface area contributed by atoms with E-state index in [0.717, 1.165) is 12.0 Å². The van der Waals surface area contributed by atoms with E-state index in [-0.39, 0.29) is 18.5 Å². The normalized spacial score (nSPS) is 20.8. The molecule has 6 heteroatoms. The third-order valence-corrected chi connectivity index (χ3v) is 4.20. The number of nitrogens with zero attached hydrogens (tertiary/aromatic N) is 1. The molecular weight excluding hydrogens is 334 g/mol. The van der Waals surface area contributed by atoms with Gasteiger partial charge in [-0.3, -0.25) is 4.79 Å². The molecule has 6 nitrogen and oxygen atoms in total. The molecule has 2 rings (SSSR count). The molecule has 140 valence electrons. The van der Waals surface area contributed by atoms with E-state index in [4.69, 9.17) is 14.2 Å². The Morgan fingerprint density at radius 1 is 1.23 bits per heavy atom. The quantitative estimate of drug-likeness (QED) is 0.404. The number of rotatable bonds is 8. The first-order valence-electron chi connectivity index (χ1n) is 8.52. The van der Waals surface area contributed by atoms with Gasteiger partial charge in [0.2, 0.25) is 0 Å². The van der Waals surface area contributed by atoms with Gasteiger partial charge in [-0.1, -0.05) is 36.4 Å². The molecule has 0 spiro atoms. The number of hydrogen-bond acceptors (Lipinski definition) is 6.